The summed E-state index contributed by atoms with van der Waals surface area (Å²) in [6, 6.07) is 5.23. The van der Waals surface area contributed by atoms with Gasteiger partial charge in [0.25, 0.3) is 0 Å². The second kappa shape index (κ2) is 6.33. The number of carbonyl (C=O) groups excluding carboxylic acids is 1. The Morgan fingerprint density at radius 3 is 2.65 bits per heavy atom. The molecule has 1 aliphatic rings. The summed E-state index contributed by atoms with van der Waals surface area (Å²) in [6.45, 7) is 1.95. The van der Waals surface area contributed by atoms with Crippen molar-refractivity contribution in [1.82, 2.24) is 4.90 Å². The zero-order valence-electron chi connectivity index (χ0n) is 11.8. The van der Waals surface area contributed by atoms with Crippen molar-refractivity contribution >= 4 is 29.1 Å². The van der Waals surface area contributed by atoms with Crippen molar-refractivity contribution in [3.63, 3.8) is 0 Å². The molecule has 1 aliphatic carbocycles. The third kappa shape index (κ3) is 3.66. The number of amides is 1. The first-order valence-electron chi connectivity index (χ1n) is 6.86. The second-order valence-corrected chi connectivity index (χ2v) is 6.40. The van der Waals surface area contributed by atoms with Gasteiger partial charge >= 0.3 is 0 Å². The van der Waals surface area contributed by atoms with Gasteiger partial charge in [0.1, 0.15) is 0 Å². The Hall–Kier alpha value is -0.770. The van der Waals surface area contributed by atoms with Gasteiger partial charge in [-0.2, -0.15) is 0 Å². The number of rotatable bonds is 5. The normalized spacial score (nSPS) is 17.6. The maximum atomic E-state index is 12.3. The minimum absolute atomic E-state index is 0.0159. The highest BCUT2D eigenvalue weighted by atomic mass is 35.5. The van der Waals surface area contributed by atoms with E-state index >= 15 is 0 Å². The van der Waals surface area contributed by atoms with E-state index in [0.717, 1.165) is 18.4 Å². The van der Waals surface area contributed by atoms with Crippen LogP contribution in [0.5, 0.6) is 0 Å². The van der Waals surface area contributed by atoms with Gasteiger partial charge in [-0.25, -0.2) is 0 Å². The van der Waals surface area contributed by atoms with Gasteiger partial charge in [-0.15, -0.1) is 0 Å². The van der Waals surface area contributed by atoms with Crippen LogP contribution in [-0.2, 0) is 4.79 Å². The minimum atomic E-state index is -0.0985. The molecule has 2 unspecified atom stereocenters. The van der Waals surface area contributed by atoms with Gasteiger partial charge in [-0.05, 0) is 43.4 Å². The third-order valence-electron chi connectivity index (χ3n) is 4.02. The number of nitrogens with zero attached hydrogens (tertiary/aromatic N) is 1. The molecule has 1 aromatic rings. The highest BCUT2D eigenvalue weighted by Gasteiger charge is 2.31. The van der Waals surface area contributed by atoms with Crippen molar-refractivity contribution in [3.05, 3.63) is 33.8 Å². The summed E-state index contributed by atoms with van der Waals surface area (Å²) in [5.74, 6) is 0.588. The fraction of sp³-hybridized carbons (Fsp3) is 0.533. The van der Waals surface area contributed by atoms with Crippen LogP contribution in [-0.4, -0.2) is 23.9 Å². The molecule has 1 amide bonds. The van der Waals surface area contributed by atoms with Crippen LogP contribution in [0.2, 0.25) is 10.0 Å². The van der Waals surface area contributed by atoms with Crippen molar-refractivity contribution in [2.45, 2.75) is 38.3 Å². The molecule has 5 heteroatoms. The number of benzene rings is 1. The number of hydrogen-bond donors (Lipinski definition) is 1. The molecule has 0 bridgehead atoms. The van der Waals surface area contributed by atoms with E-state index in [0.29, 0.717) is 22.4 Å². The Labute approximate surface area is 130 Å². The van der Waals surface area contributed by atoms with Crippen LogP contribution in [0, 0.1) is 5.92 Å². The molecule has 0 aliphatic heterocycles. The number of halogens is 2. The molecule has 110 valence electrons. The van der Waals surface area contributed by atoms with Crippen LogP contribution >= 0.6 is 23.2 Å². The average Bonchev–Trinajstić information content (AvgIpc) is 3.21. The first kappa shape index (κ1) is 15.6. The van der Waals surface area contributed by atoms with E-state index in [-0.39, 0.29) is 18.0 Å². The van der Waals surface area contributed by atoms with Crippen molar-refractivity contribution in [2.24, 2.45) is 11.7 Å². The van der Waals surface area contributed by atoms with Crippen LogP contribution in [0.25, 0.3) is 0 Å². The van der Waals surface area contributed by atoms with Gasteiger partial charge in [0.2, 0.25) is 5.91 Å². The van der Waals surface area contributed by atoms with E-state index in [1.807, 2.05) is 13.0 Å². The molecule has 2 N–H and O–H groups in total. The standard InChI is InChI=1S/C15H20Cl2N2O/c1-9(12-6-5-11(16)7-13(12)17)19(2)15(20)8-14(18)10-3-4-10/h5-7,9-10,14H,3-4,8,18H2,1-2H3. The smallest absolute Gasteiger partial charge is 0.224 e. The average molecular weight is 315 g/mol. The first-order valence-corrected chi connectivity index (χ1v) is 7.62. The molecule has 20 heavy (non-hydrogen) atoms. The summed E-state index contributed by atoms with van der Waals surface area (Å²) in [4.78, 5) is 14.0. The summed E-state index contributed by atoms with van der Waals surface area (Å²) < 4.78 is 0. The molecule has 0 spiro atoms. The quantitative estimate of drug-likeness (QED) is 0.901. The molecular weight excluding hydrogens is 295 g/mol. The van der Waals surface area contributed by atoms with Crippen LogP contribution in [0.15, 0.2) is 18.2 Å². The Morgan fingerprint density at radius 2 is 2.10 bits per heavy atom. The lowest BCUT2D eigenvalue weighted by atomic mass is 10.1. The van der Waals surface area contributed by atoms with E-state index in [2.05, 4.69) is 0 Å². The largest absolute Gasteiger partial charge is 0.339 e. The summed E-state index contributed by atoms with van der Waals surface area (Å²) in [7, 11) is 1.79. The van der Waals surface area contributed by atoms with Gasteiger partial charge in [-0.3, -0.25) is 4.79 Å². The van der Waals surface area contributed by atoms with E-state index < -0.39 is 0 Å². The monoisotopic (exact) mass is 314 g/mol. The highest BCUT2D eigenvalue weighted by Crippen LogP contribution is 2.34. The molecule has 1 fully saturated rings. The number of nitrogens with two attached hydrogens (primary N) is 1. The second-order valence-electron chi connectivity index (χ2n) is 5.55. The van der Waals surface area contributed by atoms with Crippen molar-refractivity contribution in [2.75, 3.05) is 7.05 Å². The predicted molar refractivity (Wildman–Crippen MR) is 83.0 cm³/mol. The van der Waals surface area contributed by atoms with Gasteiger partial charge in [0.05, 0.1) is 6.04 Å². The highest BCUT2D eigenvalue weighted by molar-refractivity contribution is 6.35. The minimum Gasteiger partial charge on any atom is -0.339 e. The lowest BCUT2D eigenvalue weighted by Crippen LogP contribution is -2.35. The van der Waals surface area contributed by atoms with E-state index in [1.54, 1.807) is 24.1 Å². The molecule has 1 saturated carbocycles. The maximum absolute atomic E-state index is 12.3. The van der Waals surface area contributed by atoms with Gasteiger partial charge in [-0.1, -0.05) is 29.3 Å². The molecule has 0 radical (unpaired) electrons. The Kier molecular flexibility index (Phi) is 4.95. The van der Waals surface area contributed by atoms with Crippen LogP contribution in [0.4, 0.5) is 0 Å². The summed E-state index contributed by atoms with van der Waals surface area (Å²) in [5.41, 5.74) is 6.91. The molecule has 0 aromatic heterocycles. The zero-order valence-corrected chi connectivity index (χ0v) is 13.3. The predicted octanol–water partition coefficient (Wildman–Crippen LogP) is 3.64. The SMILES string of the molecule is CC(c1ccc(Cl)cc1Cl)N(C)C(=O)CC(N)C1CC1. The fourth-order valence-corrected chi connectivity index (χ4v) is 2.87. The number of carbonyl (C=O) groups is 1. The van der Waals surface area contributed by atoms with Crippen molar-refractivity contribution < 1.29 is 4.79 Å². The van der Waals surface area contributed by atoms with E-state index in [4.69, 9.17) is 28.9 Å². The molecular formula is C15H20Cl2N2O. The lowest BCUT2D eigenvalue weighted by molar-refractivity contribution is -0.132. The van der Waals surface area contributed by atoms with Gasteiger partial charge in [0.15, 0.2) is 0 Å². The first-order chi connectivity index (χ1) is 9.40. The van der Waals surface area contributed by atoms with Crippen molar-refractivity contribution in [3.8, 4) is 0 Å². The molecule has 2 rings (SSSR count). The molecule has 0 heterocycles. The van der Waals surface area contributed by atoms with E-state index in [1.165, 1.54) is 0 Å². The zero-order chi connectivity index (χ0) is 14.9. The fourth-order valence-electron chi connectivity index (χ4n) is 2.30. The summed E-state index contributed by atoms with van der Waals surface area (Å²) in [6.07, 6.45) is 2.70. The maximum Gasteiger partial charge on any atom is 0.224 e. The summed E-state index contributed by atoms with van der Waals surface area (Å²) >= 11 is 12.1. The van der Waals surface area contributed by atoms with Crippen LogP contribution in [0.3, 0.4) is 0 Å². The van der Waals surface area contributed by atoms with E-state index in [9.17, 15) is 4.79 Å². The Bertz CT molecular complexity index is 503. The molecule has 1 aromatic carbocycles. The Morgan fingerprint density at radius 1 is 1.45 bits per heavy atom. The molecule has 0 saturated heterocycles. The van der Waals surface area contributed by atoms with Crippen LogP contribution in [0.1, 0.15) is 37.8 Å². The van der Waals surface area contributed by atoms with Gasteiger partial charge < -0.3 is 10.6 Å². The third-order valence-corrected chi connectivity index (χ3v) is 4.59. The Balaban J connectivity index is 2.03. The molecule has 2 atom stereocenters. The number of hydrogen-bond acceptors (Lipinski definition) is 2. The van der Waals surface area contributed by atoms with Gasteiger partial charge in [0, 0.05) is 29.6 Å². The topological polar surface area (TPSA) is 46.3 Å². The summed E-state index contributed by atoms with van der Waals surface area (Å²) in [5, 5.41) is 1.17. The molecule has 3 nitrogen and oxygen atoms in total. The van der Waals surface area contributed by atoms with Crippen LogP contribution < -0.4 is 5.73 Å². The van der Waals surface area contributed by atoms with Crippen molar-refractivity contribution in [1.29, 1.82) is 0 Å². The lowest BCUT2D eigenvalue weighted by Gasteiger charge is -2.27.